The van der Waals surface area contributed by atoms with Crippen LogP contribution in [0.2, 0.25) is 0 Å². The summed E-state index contributed by atoms with van der Waals surface area (Å²) in [5, 5.41) is 5.20. The van der Waals surface area contributed by atoms with E-state index in [-0.39, 0.29) is 5.91 Å². The maximum atomic E-state index is 12.1. The van der Waals surface area contributed by atoms with Crippen molar-refractivity contribution in [2.24, 2.45) is 0 Å². The normalized spacial score (nSPS) is 11.2. The number of benzene rings is 3. The summed E-state index contributed by atoms with van der Waals surface area (Å²) < 4.78 is 13.5. The summed E-state index contributed by atoms with van der Waals surface area (Å²) in [5.41, 5.74) is 2.05. The predicted octanol–water partition coefficient (Wildman–Crippen LogP) is 5.22. The number of imidazole rings is 1. The fourth-order valence-corrected chi connectivity index (χ4v) is 4.07. The van der Waals surface area contributed by atoms with E-state index >= 15 is 0 Å². The van der Waals surface area contributed by atoms with Crippen molar-refractivity contribution in [2.75, 3.05) is 13.2 Å². The Morgan fingerprint density at radius 2 is 1.82 bits per heavy atom. The molecule has 0 saturated heterocycles. The largest absolute Gasteiger partial charge is 0.493 e. The monoisotopic (exact) mass is 439 g/mol. The van der Waals surface area contributed by atoms with Crippen LogP contribution in [0.5, 0.6) is 5.75 Å². The van der Waals surface area contributed by atoms with Crippen LogP contribution in [0.3, 0.4) is 0 Å². The molecule has 1 amide bonds. The first kappa shape index (κ1) is 20.8. The maximum absolute atomic E-state index is 12.1. The average molecular weight is 440 g/mol. The highest BCUT2D eigenvalue weighted by Gasteiger charge is 2.12. The Kier molecular flexibility index (Phi) is 6.06. The van der Waals surface area contributed by atoms with Gasteiger partial charge in [-0.1, -0.05) is 48.5 Å². The van der Waals surface area contributed by atoms with Crippen molar-refractivity contribution < 1.29 is 13.9 Å². The summed E-state index contributed by atoms with van der Waals surface area (Å²) in [6.07, 6.45) is 2.97. The summed E-state index contributed by atoms with van der Waals surface area (Å²) in [7, 11) is 0. The van der Waals surface area contributed by atoms with Crippen molar-refractivity contribution in [1.29, 1.82) is 0 Å². The molecule has 33 heavy (non-hydrogen) atoms. The van der Waals surface area contributed by atoms with Gasteiger partial charge in [0.25, 0.3) is 5.91 Å². The smallest absolute Gasteiger partial charge is 0.286 e. The van der Waals surface area contributed by atoms with Gasteiger partial charge < -0.3 is 19.0 Å². The number of aromatic nitrogens is 2. The zero-order chi connectivity index (χ0) is 22.5. The predicted molar refractivity (Wildman–Crippen MR) is 129 cm³/mol. The molecule has 0 aliphatic rings. The van der Waals surface area contributed by atoms with Crippen molar-refractivity contribution >= 4 is 27.7 Å². The second kappa shape index (κ2) is 9.61. The van der Waals surface area contributed by atoms with Gasteiger partial charge in [-0.05, 0) is 42.1 Å². The lowest BCUT2D eigenvalue weighted by Gasteiger charge is -2.12. The van der Waals surface area contributed by atoms with E-state index in [9.17, 15) is 4.79 Å². The molecular weight excluding hydrogens is 414 g/mol. The lowest BCUT2D eigenvalue weighted by molar-refractivity contribution is 0.0926. The molecule has 0 unspecified atom stereocenters. The first-order chi connectivity index (χ1) is 16.3. The lowest BCUT2D eigenvalue weighted by atomic mass is 10.1. The van der Waals surface area contributed by atoms with E-state index in [1.807, 2.05) is 42.5 Å². The highest BCUT2D eigenvalue weighted by molar-refractivity contribution is 5.91. The molecule has 0 aliphatic heterocycles. The van der Waals surface area contributed by atoms with E-state index in [1.54, 1.807) is 12.1 Å². The third-order valence-electron chi connectivity index (χ3n) is 5.65. The fourth-order valence-electron chi connectivity index (χ4n) is 4.07. The Morgan fingerprint density at radius 1 is 0.970 bits per heavy atom. The van der Waals surface area contributed by atoms with E-state index in [0.29, 0.717) is 25.3 Å². The van der Waals surface area contributed by atoms with Gasteiger partial charge in [-0.3, -0.25) is 4.79 Å². The van der Waals surface area contributed by atoms with Gasteiger partial charge in [0.2, 0.25) is 0 Å². The van der Waals surface area contributed by atoms with Crippen molar-refractivity contribution in [2.45, 2.75) is 19.4 Å². The number of aryl methyl sites for hydroxylation is 1. The number of hydrogen-bond acceptors (Lipinski definition) is 4. The Bertz CT molecular complexity index is 1370. The fraction of sp³-hybridized carbons (Fsp3) is 0.185. The van der Waals surface area contributed by atoms with Crippen molar-refractivity contribution in [3.8, 4) is 5.75 Å². The molecule has 0 radical (unpaired) electrons. The minimum absolute atomic E-state index is 0.217. The van der Waals surface area contributed by atoms with Gasteiger partial charge in [0, 0.05) is 24.9 Å². The summed E-state index contributed by atoms with van der Waals surface area (Å²) >= 11 is 0. The summed E-state index contributed by atoms with van der Waals surface area (Å²) in [6, 6.07) is 25.9. The topological polar surface area (TPSA) is 69.3 Å². The molecule has 2 heterocycles. The van der Waals surface area contributed by atoms with Crippen molar-refractivity contribution in [3.63, 3.8) is 0 Å². The standard InChI is InChI=1S/C27H25N3O3/c31-27(25-14-6-18-33-25)28-16-15-26-29-22-11-3-4-12-23(22)30(26)17-7-19-32-24-13-5-9-20-8-1-2-10-21(20)24/h1-6,8-14,18H,7,15-17,19H2,(H,28,31). The van der Waals surface area contributed by atoms with Gasteiger partial charge >= 0.3 is 0 Å². The van der Waals surface area contributed by atoms with Crippen LogP contribution in [0.25, 0.3) is 21.8 Å². The van der Waals surface area contributed by atoms with Crippen molar-refractivity contribution in [1.82, 2.24) is 14.9 Å². The maximum Gasteiger partial charge on any atom is 0.286 e. The van der Waals surface area contributed by atoms with E-state index < -0.39 is 0 Å². The van der Waals surface area contributed by atoms with Crippen LogP contribution in [-0.4, -0.2) is 28.6 Å². The first-order valence-corrected chi connectivity index (χ1v) is 11.2. The molecule has 6 heteroatoms. The van der Waals surface area contributed by atoms with Crippen LogP contribution in [-0.2, 0) is 13.0 Å². The van der Waals surface area contributed by atoms with E-state index in [4.69, 9.17) is 14.1 Å². The molecular formula is C27H25N3O3. The highest BCUT2D eigenvalue weighted by Crippen LogP contribution is 2.25. The van der Waals surface area contributed by atoms with E-state index in [2.05, 4.69) is 34.1 Å². The molecule has 0 fully saturated rings. The Balaban J connectivity index is 1.24. The highest BCUT2D eigenvalue weighted by atomic mass is 16.5. The zero-order valence-electron chi connectivity index (χ0n) is 18.2. The number of carbonyl (C=O) groups excluding carboxylic acids is 1. The van der Waals surface area contributed by atoms with Crippen LogP contribution in [0.1, 0.15) is 22.8 Å². The van der Waals surface area contributed by atoms with Crippen LogP contribution in [0.4, 0.5) is 0 Å². The Morgan fingerprint density at radius 3 is 2.73 bits per heavy atom. The van der Waals surface area contributed by atoms with Gasteiger partial charge in [0.05, 0.1) is 23.9 Å². The molecule has 3 aromatic carbocycles. The molecule has 0 aliphatic carbocycles. The van der Waals surface area contributed by atoms with Gasteiger partial charge in [0.1, 0.15) is 11.6 Å². The first-order valence-electron chi connectivity index (χ1n) is 11.2. The number of amides is 1. The molecule has 2 aromatic heterocycles. The number of hydrogen-bond donors (Lipinski definition) is 1. The minimum atomic E-state index is -0.217. The molecule has 0 saturated carbocycles. The molecule has 0 bridgehead atoms. The third-order valence-corrected chi connectivity index (χ3v) is 5.65. The lowest BCUT2D eigenvalue weighted by Crippen LogP contribution is -2.26. The second-order valence-corrected chi connectivity index (χ2v) is 7.83. The third kappa shape index (κ3) is 4.60. The van der Waals surface area contributed by atoms with Crippen LogP contribution in [0.15, 0.2) is 89.5 Å². The summed E-state index contributed by atoms with van der Waals surface area (Å²) in [5.74, 6) is 1.95. The second-order valence-electron chi connectivity index (χ2n) is 7.83. The van der Waals surface area contributed by atoms with E-state index in [1.165, 1.54) is 11.6 Å². The molecule has 5 aromatic rings. The summed E-state index contributed by atoms with van der Waals surface area (Å²) in [4.78, 5) is 16.9. The quantitative estimate of drug-likeness (QED) is 0.320. The number of nitrogens with one attached hydrogen (secondary N) is 1. The SMILES string of the molecule is O=C(NCCc1nc2ccccc2n1CCCOc1cccc2ccccc12)c1ccco1. The number of carbonyl (C=O) groups is 1. The zero-order valence-corrected chi connectivity index (χ0v) is 18.2. The molecule has 0 atom stereocenters. The number of rotatable bonds is 9. The molecule has 6 nitrogen and oxygen atoms in total. The van der Waals surface area contributed by atoms with Gasteiger partial charge in [-0.2, -0.15) is 0 Å². The van der Waals surface area contributed by atoms with Gasteiger partial charge in [-0.15, -0.1) is 0 Å². The van der Waals surface area contributed by atoms with E-state index in [0.717, 1.165) is 41.0 Å². The number of fused-ring (bicyclic) bond motifs is 2. The number of furan rings is 1. The van der Waals surface area contributed by atoms with Crippen LogP contribution >= 0.6 is 0 Å². The molecule has 1 N–H and O–H groups in total. The number of para-hydroxylation sites is 2. The molecule has 166 valence electrons. The van der Waals surface area contributed by atoms with Crippen molar-refractivity contribution in [3.05, 3.63) is 96.7 Å². The summed E-state index contributed by atoms with van der Waals surface area (Å²) in [6.45, 7) is 1.87. The number of nitrogens with zero attached hydrogens (tertiary/aromatic N) is 2. The van der Waals surface area contributed by atoms with Crippen LogP contribution in [0, 0.1) is 0 Å². The van der Waals surface area contributed by atoms with Gasteiger partial charge in [0.15, 0.2) is 5.76 Å². The Hall–Kier alpha value is -4.06. The Labute approximate surface area is 191 Å². The van der Waals surface area contributed by atoms with Crippen LogP contribution < -0.4 is 10.1 Å². The number of ether oxygens (including phenoxy) is 1. The molecule has 5 rings (SSSR count). The van der Waals surface area contributed by atoms with Gasteiger partial charge in [-0.25, -0.2) is 4.98 Å². The minimum Gasteiger partial charge on any atom is -0.493 e. The average Bonchev–Trinajstić information content (AvgIpc) is 3.50. The molecule has 0 spiro atoms.